The van der Waals surface area contributed by atoms with Crippen LogP contribution in [0.25, 0.3) is 0 Å². The van der Waals surface area contributed by atoms with E-state index in [0.29, 0.717) is 11.1 Å². The predicted octanol–water partition coefficient (Wildman–Crippen LogP) is 2.85. The zero-order valence-corrected chi connectivity index (χ0v) is 14.2. The first kappa shape index (κ1) is 20.4. The zero-order valence-electron chi connectivity index (χ0n) is 14.2. The average Bonchev–Trinajstić information content (AvgIpc) is 2.59. The standard InChI is InChI=1S/C19H18F4N2O2/c20-16-7-3-12(4-8-16)9-14(18(24)27)11-25-17(26)10-13-1-5-15(6-2-13)19(21,22)23/h1-8,14H,9-11H2,(H2,24,27)(H,25,26). The predicted molar refractivity (Wildman–Crippen MR) is 90.9 cm³/mol. The molecule has 4 nitrogen and oxygen atoms in total. The van der Waals surface area contributed by atoms with E-state index in [9.17, 15) is 27.2 Å². The van der Waals surface area contributed by atoms with Crippen molar-refractivity contribution in [1.82, 2.24) is 5.32 Å². The molecule has 0 fully saturated rings. The summed E-state index contributed by atoms with van der Waals surface area (Å²) in [6, 6.07) is 9.84. The van der Waals surface area contributed by atoms with Gasteiger partial charge in [0.05, 0.1) is 17.9 Å². The minimum atomic E-state index is -4.43. The van der Waals surface area contributed by atoms with Crippen LogP contribution in [-0.2, 0) is 28.6 Å². The number of rotatable bonds is 7. The molecule has 0 spiro atoms. The Morgan fingerprint density at radius 2 is 1.52 bits per heavy atom. The molecule has 2 rings (SSSR count). The van der Waals surface area contributed by atoms with Crippen molar-refractivity contribution in [3.8, 4) is 0 Å². The molecule has 2 amide bonds. The van der Waals surface area contributed by atoms with Crippen molar-refractivity contribution in [2.45, 2.75) is 19.0 Å². The van der Waals surface area contributed by atoms with Crippen LogP contribution in [-0.4, -0.2) is 18.4 Å². The fraction of sp³-hybridized carbons (Fsp3) is 0.263. The summed E-state index contributed by atoms with van der Waals surface area (Å²) in [5, 5.41) is 2.55. The van der Waals surface area contributed by atoms with Gasteiger partial charge in [0.15, 0.2) is 0 Å². The number of benzene rings is 2. The summed E-state index contributed by atoms with van der Waals surface area (Å²) in [7, 11) is 0. The molecule has 2 aromatic carbocycles. The molecule has 2 aromatic rings. The highest BCUT2D eigenvalue weighted by Gasteiger charge is 2.30. The second kappa shape index (κ2) is 8.66. The lowest BCUT2D eigenvalue weighted by Gasteiger charge is -2.15. The second-order valence-corrected chi connectivity index (χ2v) is 6.11. The fourth-order valence-corrected chi connectivity index (χ4v) is 2.47. The van der Waals surface area contributed by atoms with Crippen LogP contribution in [0.15, 0.2) is 48.5 Å². The summed E-state index contributed by atoms with van der Waals surface area (Å²) < 4.78 is 50.5. The molecule has 0 saturated heterocycles. The number of hydrogen-bond acceptors (Lipinski definition) is 2. The van der Waals surface area contributed by atoms with Crippen molar-refractivity contribution in [2.75, 3.05) is 6.54 Å². The van der Waals surface area contributed by atoms with Gasteiger partial charge < -0.3 is 11.1 Å². The maximum atomic E-state index is 12.9. The van der Waals surface area contributed by atoms with Crippen LogP contribution >= 0.6 is 0 Å². The molecule has 0 aliphatic heterocycles. The lowest BCUT2D eigenvalue weighted by atomic mass is 9.98. The Labute approximate surface area is 153 Å². The van der Waals surface area contributed by atoms with Gasteiger partial charge in [0.25, 0.3) is 0 Å². The molecule has 0 bridgehead atoms. The van der Waals surface area contributed by atoms with Gasteiger partial charge in [0.2, 0.25) is 11.8 Å². The SMILES string of the molecule is NC(=O)C(CNC(=O)Cc1ccc(C(F)(F)F)cc1)Cc1ccc(F)cc1. The second-order valence-electron chi connectivity index (χ2n) is 6.11. The van der Waals surface area contributed by atoms with Gasteiger partial charge in [-0.15, -0.1) is 0 Å². The van der Waals surface area contributed by atoms with Gasteiger partial charge in [0.1, 0.15) is 5.82 Å². The lowest BCUT2D eigenvalue weighted by Crippen LogP contribution is -2.37. The van der Waals surface area contributed by atoms with Crippen molar-refractivity contribution in [3.05, 3.63) is 71.0 Å². The molecule has 1 unspecified atom stereocenters. The van der Waals surface area contributed by atoms with Gasteiger partial charge in [-0.3, -0.25) is 9.59 Å². The van der Waals surface area contributed by atoms with Gasteiger partial charge >= 0.3 is 6.18 Å². The van der Waals surface area contributed by atoms with Crippen LogP contribution in [0.4, 0.5) is 17.6 Å². The van der Waals surface area contributed by atoms with Crippen LogP contribution in [0.3, 0.4) is 0 Å². The first-order valence-electron chi connectivity index (χ1n) is 8.11. The van der Waals surface area contributed by atoms with Crippen LogP contribution in [0.1, 0.15) is 16.7 Å². The quantitative estimate of drug-likeness (QED) is 0.723. The van der Waals surface area contributed by atoms with E-state index in [1.807, 2.05) is 0 Å². The monoisotopic (exact) mass is 382 g/mol. The van der Waals surface area contributed by atoms with Gasteiger partial charge in [0, 0.05) is 6.54 Å². The van der Waals surface area contributed by atoms with E-state index in [1.165, 1.54) is 36.4 Å². The highest BCUT2D eigenvalue weighted by atomic mass is 19.4. The van der Waals surface area contributed by atoms with Crippen molar-refractivity contribution in [3.63, 3.8) is 0 Å². The largest absolute Gasteiger partial charge is 0.416 e. The van der Waals surface area contributed by atoms with E-state index in [1.54, 1.807) is 0 Å². The third-order valence-corrected chi connectivity index (χ3v) is 3.99. The number of nitrogens with one attached hydrogen (secondary N) is 1. The Balaban J connectivity index is 1.90. The van der Waals surface area contributed by atoms with Gasteiger partial charge in [-0.05, 0) is 41.8 Å². The molecule has 1 atom stereocenters. The van der Waals surface area contributed by atoms with Gasteiger partial charge in [-0.1, -0.05) is 24.3 Å². The van der Waals surface area contributed by atoms with E-state index in [-0.39, 0.29) is 19.4 Å². The molecule has 0 aliphatic carbocycles. The Hall–Kier alpha value is -2.90. The molecule has 0 aliphatic rings. The van der Waals surface area contributed by atoms with Crippen LogP contribution in [0.2, 0.25) is 0 Å². The molecule has 27 heavy (non-hydrogen) atoms. The molecule has 3 N–H and O–H groups in total. The van der Waals surface area contributed by atoms with Crippen LogP contribution < -0.4 is 11.1 Å². The van der Waals surface area contributed by atoms with Crippen molar-refractivity contribution in [1.29, 1.82) is 0 Å². The molecular formula is C19H18F4N2O2. The first-order valence-corrected chi connectivity index (χ1v) is 8.11. The highest BCUT2D eigenvalue weighted by Crippen LogP contribution is 2.29. The summed E-state index contributed by atoms with van der Waals surface area (Å²) in [4.78, 5) is 23.5. The van der Waals surface area contributed by atoms with Crippen molar-refractivity contribution in [2.24, 2.45) is 11.7 Å². The number of nitrogens with two attached hydrogens (primary N) is 1. The summed E-state index contributed by atoms with van der Waals surface area (Å²) in [5.41, 5.74) is 5.65. The van der Waals surface area contributed by atoms with Crippen molar-refractivity contribution >= 4 is 11.8 Å². The maximum absolute atomic E-state index is 12.9. The average molecular weight is 382 g/mol. The van der Waals surface area contributed by atoms with E-state index in [2.05, 4.69) is 5.32 Å². The normalized spacial score (nSPS) is 12.4. The summed E-state index contributed by atoms with van der Waals surface area (Å²) >= 11 is 0. The number of amides is 2. The Kier molecular flexibility index (Phi) is 6.55. The molecule has 0 aromatic heterocycles. The number of carbonyl (C=O) groups excluding carboxylic acids is 2. The molecule has 8 heteroatoms. The van der Waals surface area contributed by atoms with E-state index >= 15 is 0 Å². The van der Waals surface area contributed by atoms with E-state index in [0.717, 1.165) is 12.1 Å². The minimum Gasteiger partial charge on any atom is -0.369 e. The molecule has 0 saturated carbocycles. The summed E-state index contributed by atoms with van der Waals surface area (Å²) in [6.45, 7) is -0.0216. The molecular weight excluding hydrogens is 364 g/mol. The smallest absolute Gasteiger partial charge is 0.369 e. The number of alkyl halides is 3. The van der Waals surface area contributed by atoms with Crippen LogP contribution in [0, 0.1) is 11.7 Å². The Morgan fingerprint density at radius 3 is 2.04 bits per heavy atom. The van der Waals surface area contributed by atoms with E-state index in [4.69, 9.17) is 5.73 Å². The summed E-state index contributed by atoms with van der Waals surface area (Å²) in [6.07, 6.45) is -4.33. The summed E-state index contributed by atoms with van der Waals surface area (Å²) in [5.74, 6) is -2.15. The third-order valence-electron chi connectivity index (χ3n) is 3.99. The molecule has 0 heterocycles. The lowest BCUT2D eigenvalue weighted by molar-refractivity contribution is -0.137. The Morgan fingerprint density at radius 1 is 0.963 bits per heavy atom. The van der Waals surface area contributed by atoms with Crippen molar-refractivity contribution < 1.29 is 27.2 Å². The van der Waals surface area contributed by atoms with Gasteiger partial charge in [-0.2, -0.15) is 13.2 Å². The minimum absolute atomic E-state index is 0.0216. The first-order chi connectivity index (χ1) is 12.6. The zero-order chi connectivity index (χ0) is 20.0. The number of hydrogen-bond donors (Lipinski definition) is 2. The molecule has 144 valence electrons. The van der Waals surface area contributed by atoms with Crippen LogP contribution in [0.5, 0.6) is 0 Å². The van der Waals surface area contributed by atoms with Gasteiger partial charge in [-0.25, -0.2) is 4.39 Å². The highest BCUT2D eigenvalue weighted by molar-refractivity contribution is 5.81. The number of carbonyl (C=O) groups is 2. The number of primary amides is 1. The molecule has 0 radical (unpaired) electrons. The maximum Gasteiger partial charge on any atom is 0.416 e. The fourth-order valence-electron chi connectivity index (χ4n) is 2.47. The third kappa shape index (κ3) is 6.40. The Bertz CT molecular complexity index is 787. The number of halogens is 4. The topological polar surface area (TPSA) is 72.2 Å². The van der Waals surface area contributed by atoms with E-state index < -0.39 is 35.3 Å².